The van der Waals surface area contributed by atoms with Gasteiger partial charge in [0.15, 0.2) is 0 Å². The quantitative estimate of drug-likeness (QED) is 0.763. The highest BCUT2D eigenvalue weighted by atomic mass is 28.4. The number of hydrogen-bond donors (Lipinski definition) is 1. The zero-order valence-corrected chi connectivity index (χ0v) is 18.6. The van der Waals surface area contributed by atoms with Gasteiger partial charge in [0.2, 0.25) is 0 Å². The lowest BCUT2D eigenvalue weighted by Crippen LogP contribution is -2.68. The number of aliphatic hydroxyl groups is 1. The van der Waals surface area contributed by atoms with Crippen LogP contribution in [0.3, 0.4) is 0 Å². The maximum atomic E-state index is 14.4. The Kier molecular flexibility index (Phi) is 5.10. The van der Waals surface area contributed by atoms with Crippen LogP contribution >= 0.6 is 0 Å². The number of alkyl halides is 1. The molecule has 1 unspecified atom stereocenters. The van der Waals surface area contributed by atoms with E-state index in [1.165, 1.54) is 10.4 Å². The summed E-state index contributed by atoms with van der Waals surface area (Å²) in [6.07, 6.45) is -1.95. The zero-order valence-electron chi connectivity index (χ0n) is 18.6. The summed E-state index contributed by atoms with van der Waals surface area (Å²) in [5.41, 5.74) is -0.622. The van der Waals surface area contributed by atoms with E-state index in [9.17, 15) is 9.50 Å². The van der Waals surface area contributed by atoms with Gasteiger partial charge in [-0.2, -0.15) is 0 Å². The molecule has 3 nitrogen and oxygen atoms in total. The third-order valence-electron chi connectivity index (χ3n) is 6.57. The van der Waals surface area contributed by atoms with Crippen molar-refractivity contribution >= 4 is 18.7 Å². The highest BCUT2D eigenvalue weighted by Gasteiger charge is 2.56. The van der Waals surface area contributed by atoms with E-state index in [2.05, 4.69) is 45.0 Å². The van der Waals surface area contributed by atoms with Crippen LogP contribution < -0.4 is 10.4 Å². The molecule has 4 rings (SSSR count). The molecule has 0 radical (unpaired) electrons. The van der Waals surface area contributed by atoms with Gasteiger partial charge < -0.3 is 9.53 Å². The molecule has 0 amide bonds. The van der Waals surface area contributed by atoms with E-state index in [-0.39, 0.29) is 24.5 Å². The summed E-state index contributed by atoms with van der Waals surface area (Å²) in [7, 11) is -2.74. The van der Waals surface area contributed by atoms with Crippen LogP contribution in [0.2, 0.25) is 5.04 Å². The number of halogens is 1. The van der Waals surface area contributed by atoms with Crippen molar-refractivity contribution in [2.75, 3.05) is 19.7 Å². The van der Waals surface area contributed by atoms with Gasteiger partial charge in [0.25, 0.3) is 8.32 Å². The maximum Gasteiger partial charge on any atom is 0.261 e. The van der Waals surface area contributed by atoms with Crippen molar-refractivity contribution in [1.29, 1.82) is 0 Å². The van der Waals surface area contributed by atoms with Crippen LogP contribution in [-0.2, 0) is 4.43 Å². The Morgan fingerprint density at radius 1 is 1.07 bits per heavy atom. The second-order valence-electron chi connectivity index (χ2n) is 9.60. The van der Waals surface area contributed by atoms with Gasteiger partial charge in [-0.15, -0.1) is 0 Å². The molecule has 0 saturated carbocycles. The second kappa shape index (κ2) is 7.62. The van der Waals surface area contributed by atoms with Crippen LogP contribution in [0.25, 0.3) is 0 Å². The summed E-state index contributed by atoms with van der Waals surface area (Å²) in [5.74, 6) is 0. The fourth-order valence-corrected chi connectivity index (χ4v) is 9.96. The van der Waals surface area contributed by atoms with Crippen LogP contribution in [0.15, 0.2) is 60.7 Å². The Balaban J connectivity index is 1.78. The molecule has 0 aliphatic carbocycles. The van der Waals surface area contributed by atoms with Crippen molar-refractivity contribution in [3.05, 3.63) is 60.7 Å². The lowest BCUT2D eigenvalue weighted by molar-refractivity contribution is 0.106. The molecule has 3 atom stereocenters. The summed E-state index contributed by atoms with van der Waals surface area (Å²) >= 11 is 0. The minimum atomic E-state index is -2.74. The van der Waals surface area contributed by atoms with Gasteiger partial charge in [-0.1, -0.05) is 81.4 Å². The number of fused-ring (bicyclic) bond motifs is 1. The molecule has 2 aromatic rings. The predicted molar refractivity (Wildman–Crippen MR) is 118 cm³/mol. The predicted octanol–water partition coefficient (Wildman–Crippen LogP) is 3.11. The third kappa shape index (κ3) is 3.59. The first kappa shape index (κ1) is 19.4. The number of rotatable bonds is 5. The topological polar surface area (TPSA) is 32.7 Å². The molecule has 0 spiro atoms. The summed E-state index contributed by atoms with van der Waals surface area (Å²) in [6.45, 7) is 7.43. The molecule has 156 valence electrons. The minimum absolute atomic E-state index is 0.166. The molecule has 0 bridgehead atoms. The lowest BCUT2D eigenvalue weighted by atomic mass is 9.94. The normalized spacial score (nSPS) is 30.9. The van der Waals surface area contributed by atoms with Crippen LogP contribution in [0, 0.1) is 0 Å². The number of hydrogen-bond acceptors (Lipinski definition) is 3. The zero-order chi connectivity index (χ0) is 21.6. The van der Waals surface area contributed by atoms with Crippen molar-refractivity contribution in [3.8, 4) is 0 Å². The minimum Gasteiger partial charge on any atom is -0.406 e. The molecule has 2 aromatic carbocycles. The summed E-state index contributed by atoms with van der Waals surface area (Å²) < 4.78 is 29.7. The second-order valence-corrected chi connectivity index (χ2v) is 13.9. The van der Waals surface area contributed by atoms with E-state index in [4.69, 9.17) is 5.80 Å². The van der Waals surface area contributed by atoms with Crippen LogP contribution in [0.5, 0.6) is 0 Å². The van der Waals surface area contributed by atoms with Crippen molar-refractivity contribution in [3.63, 3.8) is 0 Å². The Morgan fingerprint density at radius 3 is 2.14 bits per heavy atom. The van der Waals surface area contributed by atoms with Gasteiger partial charge in [-0.25, -0.2) is 4.39 Å². The summed E-state index contributed by atoms with van der Waals surface area (Å²) in [5, 5.41) is 12.6. The highest BCUT2D eigenvalue weighted by molar-refractivity contribution is 6.99. The Morgan fingerprint density at radius 2 is 1.62 bits per heavy atom. The van der Waals surface area contributed by atoms with Gasteiger partial charge in [0, 0.05) is 25.0 Å². The lowest BCUT2D eigenvalue weighted by Gasteiger charge is -2.45. The maximum absolute atomic E-state index is 14.4. The average Bonchev–Trinajstić information content (AvgIpc) is 3.09. The van der Waals surface area contributed by atoms with Crippen LogP contribution in [0.4, 0.5) is 4.39 Å². The molecule has 29 heavy (non-hydrogen) atoms. The third-order valence-corrected chi connectivity index (χ3v) is 11.6. The Hall–Kier alpha value is -1.53. The fraction of sp³-hybridized carbons (Fsp3) is 0.500. The molecule has 2 heterocycles. The highest BCUT2D eigenvalue weighted by Crippen LogP contribution is 2.43. The van der Waals surface area contributed by atoms with Crippen molar-refractivity contribution in [2.45, 2.75) is 56.4 Å². The van der Waals surface area contributed by atoms with E-state index in [0.29, 0.717) is 13.0 Å². The Bertz CT molecular complexity index is 834. The van der Waals surface area contributed by atoms with E-state index in [1.807, 2.05) is 41.3 Å². The molecule has 5 heteroatoms. The van der Waals surface area contributed by atoms with Gasteiger partial charge in [-0.05, 0) is 21.8 Å². The first-order valence-electron chi connectivity index (χ1n) is 10.9. The molecule has 0 aromatic heterocycles. The number of benzene rings is 2. The van der Waals surface area contributed by atoms with Crippen LogP contribution in [-0.4, -0.2) is 55.8 Å². The van der Waals surface area contributed by atoms with Crippen molar-refractivity contribution < 1.29 is 15.3 Å². The summed E-state index contributed by atoms with van der Waals surface area (Å²) in [4.78, 5) is 1.95. The fourth-order valence-electron chi connectivity index (χ4n) is 5.32. The number of nitrogens with zero attached hydrogens (tertiary/aromatic N) is 1. The van der Waals surface area contributed by atoms with E-state index in [0.717, 1.165) is 0 Å². The van der Waals surface area contributed by atoms with E-state index < -0.39 is 26.1 Å². The SMILES string of the molecule is [2H]C1(O)CN2C[C@H](F)C[C@]2(CO[Si](c2ccccc2)(c2ccccc2)C(C)(C)C)C1. The number of β-amino-alcohol motifs (C(OH)–C–C–N with tert-alkyl or cyclic N) is 1. The van der Waals surface area contributed by atoms with Gasteiger partial charge in [0.1, 0.15) is 6.17 Å². The molecule has 2 saturated heterocycles. The van der Waals surface area contributed by atoms with E-state index >= 15 is 0 Å². The molecular weight excluding hydrogens is 381 g/mol. The average molecular weight is 415 g/mol. The van der Waals surface area contributed by atoms with Crippen molar-refractivity contribution in [1.82, 2.24) is 4.90 Å². The van der Waals surface area contributed by atoms with Crippen LogP contribution in [0.1, 0.15) is 35.0 Å². The Labute approximate surface area is 176 Å². The molecule has 2 aliphatic heterocycles. The smallest absolute Gasteiger partial charge is 0.261 e. The molecular formula is C24H32FNO2Si. The molecule has 1 N–H and O–H groups in total. The summed E-state index contributed by atoms with van der Waals surface area (Å²) in [6, 6.07) is 20.8. The standard InChI is InChI=1S/C24H32FNO2Si/c1-23(2,3)29(21-10-6-4-7-11-21,22-12-8-5-9-13-22)28-18-24-14-19(25)16-26(24)17-20(27)15-24/h4-13,19-20,27H,14-18H2,1-3H3/t19-,20?,24-/m1/s1/i20D. The van der Waals surface area contributed by atoms with Gasteiger partial charge in [0.05, 0.1) is 14.1 Å². The van der Waals surface area contributed by atoms with Gasteiger partial charge in [-0.3, -0.25) is 4.90 Å². The van der Waals surface area contributed by atoms with Crippen molar-refractivity contribution in [2.24, 2.45) is 0 Å². The first-order chi connectivity index (χ1) is 14.1. The first-order valence-corrected chi connectivity index (χ1v) is 12.4. The van der Waals surface area contributed by atoms with Gasteiger partial charge >= 0.3 is 0 Å². The van der Waals surface area contributed by atoms with E-state index in [1.54, 1.807) is 0 Å². The molecule has 2 aliphatic rings. The molecule has 2 fully saturated rings. The largest absolute Gasteiger partial charge is 0.406 e. The monoisotopic (exact) mass is 414 g/mol.